The molecule has 1 aromatic rings. The van der Waals surface area contributed by atoms with Crippen LogP contribution in [0.15, 0.2) is 29.2 Å². The van der Waals surface area contributed by atoms with E-state index in [1.165, 1.54) is 4.90 Å². The van der Waals surface area contributed by atoms with E-state index in [2.05, 4.69) is 35.8 Å². The van der Waals surface area contributed by atoms with Crippen LogP contribution < -0.4 is 5.32 Å². The molecular formula is C14H20N2O2S. The molecule has 0 radical (unpaired) electrons. The van der Waals surface area contributed by atoms with Crippen LogP contribution in [0.2, 0.25) is 0 Å². The van der Waals surface area contributed by atoms with Crippen LogP contribution in [0.3, 0.4) is 0 Å². The van der Waals surface area contributed by atoms with Crippen LogP contribution >= 0.6 is 11.8 Å². The van der Waals surface area contributed by atoms with Crippen LogP contribution in [0.5, 0.6) is 0 Å². The number of thioether (sulfide) groups is 1. The van der Waals surface area contributed by atoms with Gasteiger partial charge in [-0.15, -0.1) is 11.8 Å². The molecule has 0 aromatic heterocycles. The Kier molecular flexibility index (Phi) is 5.24. The molecule has 4 nitrogen and oxygen atoms in total. The number of rotatable bonds is 6. The SMILES string of the molecule is CCOCCN1C(=O)CNC1c1ccc(SC)cc1. The summed E-state index contributed by atoms with van der Waals surface area (Å²) in [5.41, 5.74) is 1.13. The first-order chi connectivity index (χ1) is 9.26. The van der Waals surface area contributed by atoms with Gasteiger partial charge in [0, 0.05) is 18.0 Å². The van der Waals surface area contributed by atoms with E-state index in [-0.39, 0.29) is 12.1 Å². The molecule has 1 aromatic carbocycles. The van der Waals surface area contributed by atoms with E-state index in [0.29, 0.717) is 26.3 Å². The average Bonchev–Trinajstić information content (AvgIpc) is 2.81. The molecule has 1 unspecified atom stereocenters. The molecule has 19 heavy (non-hydrogen) atoms. The fourth-order valence-electron chi connectivity index (χ4n) is 2.18. The second-order valence-electron chi connectivity index (χ2n) is 4.34. The van der Waals surface area contributed by atoms with Crippen LogP contribution in [-0.2, 0) is 9.53 Å². The number of carbonyl (C=O) groups is 1. The number of benzene rings is 1. The lowest BCUT2D eigenvalue weighted by Gasteiger charge is -2.24. The van der Waals surface area contributed by atoms with Crippen molar-refractivity contribution in [2.75, 3.05) is 32.6 Å². The molecule has 1 atom stereocenters. The minimum Gasteiger partial charge on any atom is -0.380 e. The summed E-state index contributed by atoms with van der Waals surface area (Å²) in [6.45, 7) is 4.27. The lowest BCUT2D eigenvalue weighted by Crippen LogP contribution is -2.33. The van der Waals surface area contributed by atoms with E-state index in [0.717, 1.165) is 5.56 Å². The van der Waals surface area contributed by atoms with Crippen LogP contribution in [-0.4, -0.2) is 43.4 Å². The predicted molar refractivity (Wildman–Crippen MR) is 77.2 cm³/mol. The normalized spacial score (nSPS) is 19.2. The molecule has 0 bridgehead atoms. The fraction of sp³-hybridized carbons (Fsp3) is 0.500. The number of nitrogens with one attached hydrogen (secondary N) is 1. The number of ether oxygens (including phenoxy) is 1. The smallest absolute Gasteiger partial charge is 0.238 e. The maximum atomic E-state index is 11.9. The number of hydrogen-bond acceptors (Lipinski definition) is 4. The Bertz CT molecular complexity index is 422. The molecule has 1 N–H and O–H groups in total. The van der Waals surface area contributed by atoms with Crippen molar-refractivity contribution < 1.29 is 9.53 Å². The molecule has 1 aliphatic rings. The summed E-state index contributed by atoms with van der Waals surface area (Å²) in [6, 6.07) is 8.34. The minimum absolute atomic E-state index is 0.0242. The first kappa shape index (κ1) is 14.4. The summed E-state index contributed by atoms with van der Waals surface area (Å²) in [4.78, 5) is 15.0. The summed E-state index contributed by atoms with van der Waals surface area (Å²) in [5, 5.41) is 3.25. The van der Waals surface area contributed by atoms with E-state index in [1.807, 2.05) is 11.8 Å². The predicted octanol–water partition coefficient (Wildman–Crippen LogP) is 1.88. The van der Waals surface area contributed by atoms with Crippen LogP contribution in [0, 0.1) is 0 Å². The van der Waals surface area contributed by atoms with E-state index >= 15 is 0 Å². The molecule has 1 saturated heterocycles. The van der Waals surface area contributed by atoms with Gasteiger partial charge in [-0.3, -0.25) is 10.1 Å². The van der Waals surface area contributed by atoms with Crippen LogP contribution in [0.4, 0.5) is 0 Å². The molecule has 0 saturated carbocycles. The van der Waals surface area contributed by atoms with E-state index in [9.17, 15) is 4.79 Å². The van der Waals surface area contributed by atoms with Gasteiger partial charge in [0.15, 0.2) is 0 Å². The Hall–Kier alpha value is -1.04. The second kappa shape index (κ2) is 6.93. The highest BCUT2D eigenvalue weighted by Crippen LogP contribution is 2.24. The quantitative estimate of drug-likeness (QED) is 0.638. The van der Waals surface area contributed by atoms with Gasteiger partial charge < -0.3 is 9.64 Å². The zero-order valence-corrected chi connectivity index (χ0v) is 12.2. The Labute approximate surface area is 118 Å². The number of nitrogens with zero attached hydrogens (tertiary/aromatic N) is 1. The zero-order valence-electron chi connectivity index (χ0n) is 11.4. The van der Waals surface area contributed by atoms with E-state index < -0.39 is 0 Å². The third kappa shape index (κ3) is 3.49. The van der Waals surface area contributed by atoms with Gasteiger partial charge in [-0.1, -0.05) is 12.1 Å². The van der Waals surface area contributed by atoms with Crippen molar-refractivity contribution in [1.82, 2.24) is 10.2 Å². The van der Waals surface area contributed by atoms with E-state index in [1.54, 1.807) is 11.8 Å². The minimum atomic E-state index is -0.0242. The number of carbonyl (C=O) groups excluding carboxylic acids is 1. The van der Waals surface area contributed by atoms with Crippen molar-refractivity contribution in [1.29, 1.82) is 0 Å². The van der Waals surface area contributed by atoms with Gasteiger partial charge in [-0.05, 0) is 30.9 Å². The number of hydrogen-bond donors (Lipinski definition) is 1. The topological polar surface area (TPSA) is 41.6 Å². The lowest BCUT2D eigenvalue weighted by molar-refractivity contribution is -0.128. The Morgan fingerprint density at radius 2 is 2.16 bits per heavy atom. The maximum Gasteiger partial charge on any atom is 0.238 e. The summed E-state index contributed by atoms with van der Waals surface area (Å²) >= 11 is 1.72. The average molecular weight is 280 g/mol. The summed E-state index contributed by atoms with van der Waals surface area (Å²) in [7, 11) is 0. The van der Waals surface area contributed by atoms with Gasteiger partial charge in [0.2, 0.25) is 5.91 Å². The Morgan fingerprint density at radius 3 is 2.79 bits per heavy atom. The molecule has 5 heteroatoms. The highest BCUT2D eigenvalue weighted by atomic mass is 32.2. The van der Waals surface area contributed by atoms with Crippen molar-refractivity contribution in [2.24, 2.45) is 0 Å². The van der Waals surface area contributed by atoms with Crippen LogP contribution in [0.25, 0.3) is 0 Å². The summed E-state index contributed by atoms with van der Waals surface area (Å²) < 4.78 is 5.34. The zero-order chi connectivity index (χ0) is 13.7. The van der Waals surface area contributed by atoms with Crippen molar-refractivity contribution in [2.45, 2.75) is 18.0 Å². The molecule has 1 fully saturated rings. The first-order valence-electron chi connectivity index (χ1n) is 6.50. The summed E-state index contributed by atoms with van der Waals surface area (Å²) in [5.74, 6) is 0.138. The van der Waals surface area contributed by atoms with Gasteiger partial charge in [0.1, 0.15) is 6.17 Å². The fourth-order valence-corrected chi connectivity index (χ4v) is 2.59. The third-order valence-corrected chi connectivity index (χ3v) is 3.93. The van der Waals surface area contributed by atoms with E-state index in [4.69, 9.17) is 4.74 Å². The Morgan fingerprint density at radius 1 is 1.42 bits per heavy atom. The molecule has 0 aliphatic carbocycles. The molecule has 0 spiro atoms. The summed E-state index contributed by atoms with van der Waals surface area (Å²) in [6.07, 6.45) is 2.03. The largest absolute Gasteiger partial charge is 0.380 e. The molecule has 1 aliphatic heterocycles. The van der Waals surface area contributed by atoms with Gasteiger partial charge in [-0.2, -0.15) is 0 Å². The number of amides is 1. The Balaban J connectivity index is 2.05. The van der Waals surface area contributed by atoms with Gasteiger partial charge in [0.05, 0.1) is 13.2 Å². The first-order valence-corrected chi connectivity index (χ1v) is 7.73. The van der Waals surface area contributed by atoms with Crippen LogP contribution in [0.1, 0.15) is 18.7 Å². The molecular weight excluding hydrogens is 260 g/mol. The highest BCUT2D eigenvalue weighted by molar-refractivity contribution is 7.98. The molecule has 104 valence electrons. The standard InChI is InChI=1S/C14H20N2O2S/c1-3-18-9-8-16-13(17)10-15-14(16)11-4-6-12(19-2)7-5-11/h4-7,14-15H,3,8-10H2,1-2H3. The molecule has 2 rings (SSSR count). The highest BCUT2D eigenvalue weighted by Gasteiger charge is 2.30. The van der Waals surface area contributed by atoms with Gasteiger partial charge in [0.25, 0.3) is 0 Å². The second-order valence-corrected chi connectivity index (χ2v) is 5.22. The monoisotopic (exact) mass is 280 g/mol. The maximum absolute atomic E-state index is 11.9. The van der Waals surface area contributed by atoms with Gasteiger partial charge in [-0.25, -0.2) is 0 Å². The van der Waals surface area contributed by atoms with Crippen molar-refractivity contribution in [3.63, 3.8) is 0 Å². The van der Waals surface area contributed by atoms with Gasteiger partial charge >= 0.3 is 0 Å². The van der Waals surface area contributed by atoms with Crippen molar-refractivity contribution >= 4 is 17.7 Å². The third-order valence-electron chi connectivity index (χ3n) is 3.19. The molecule has 1 amide bonds. The van der Waals surface area contributed by atoms with Crippen molar-refractivity contribution in [3.05, 3.63) is 29.8 Å². The lowest BCUT2D eigenvalue weighted by atomic mass is 10.1. The van der Waals surface area contributed by atoms with Crippen molar-refractivity contribution in [3.8, 4) is 0 Å². The molecule has 1 heterocycles.